The third-order valence-electron chi connectivity index (χ3n) is 4.59. The number of benzene rings is 2. The van der Waals surface area contributed by atoms with Gasteiger partial charge in [0.05, 0.1) is 12.0 Å². The summed E-state index contributed by atoms with van der Waals surface area (Å²) in [5, 5.41) is 3.43. The molecule has 0 atom stereocenters. The number of ether oxygens (including phenoxy) is 1. The zero-order valence-corrected chi connectivity index (χ0v) is 16.1. The number of rotatable bonds is 5. The van der Waals surface area contributed by atoms with E-state index in [1.165, 1.54) is 24.8 Å². The van der Waals surface area contributed by atoms with Crippen molar-refractivity contribution < 1.29 is 13.5 Å². The van der Waals surface area contributed by atoms with Gasteiger partial charge in [0, 0.05) is 30.1 Å². The molecule has 0 saturated carbocycles. The van der Waals surface area contributed by atoms with Crippen molar-refractivity contribution in [1.82, 2.24) is 4.98 Å². The average Bonchev–Trinajstić information content (AvgIpc) is 2.72. The van der Waals surface area contributed by atoms with Crippen LogP contribution in [0.4, 0.5) is 20.2 Å². The topological polar surface area (TPSA) is 46.2 Å². The van der Waals surface area contributed by atoms with Gasteiger partial charge < -0.3 is 14.8 Å². The van der Waals surface area contributed by atoms with Crippen molar-refractivity contribution in [2.75, 3.05) is 23.7 Å². The van der Waals surface area contributed by atoms with Crippen LogP contribution in [0, 0.1) is 11.6 Å². The van der Waals surface area contributed by atoms with Crippen molar-refractivity contribution in [1.29, 1.82) is 0 Å². The number of nitrogens with one attached hydrogen (secondary N) is 2. The molecule has 4 rings (SSSR count). The molecule has 2 heterocycles. The third kappa shape index (κ3) is 3.89. The quantitative estimate of drug-likeness (QED) is 0.554. The van der Waals surface area contributed by atoms with Crippen LogP contribution in [0.3, 0.4) is 0 Å². The fourth-order valence-corrected chi connectivity index (χ4v) is 3.81. The number of aryl methyl sites for hydroxylation is 1. The molecule has 2 aromatic carbocycles. The first-order valence-corrected chi connectivity index (χ1v) is 9.75. The van der Waals surface area contributed by atoms with Crippen molar-refractivity contribution in [3.05, 3.63) is 65.9 Å². The molecule has 0 unspecified atom stereocenters. The summed E-state index contributed by atoms with van der Waals surface area (Å²) in [5.41, 5.74) is 5.02. The van der Waals surface area contributed by atoms with Gasteiger partial charge in [-0.3, -0.25) is 0 Å². The van der Waals surface area contributed by atoms with Crippen molar-refractivity contribution in [2.45, 2.75) is 17.7 Å². The van der Waals surface area contributed by atoms with Crippen molar-refractivity contribution in [2.24, 2.45) is 0 Å². The molecule has 0 saturated heterocycles. The molecule has 28 heavy (non-hydrogen) atoms. The van der Waals surface area contributed by atoms with Crippen LogP contribution in [-0.2, 0) is 6.42 Å². The SMILES string of the molecule is COc1ncc(-c2ccc3c(c2)NCCC3)cc1NSc1ccc(F)cc1F. The molecule has 0 bridgehead atoms. The summed E-state index contributed by atoms with van der Waals surface area (Å²) in [5.74, 6) is -0.833. The molecule has 7 heteroatoms. The molecule has 0 spiro atoms. The van der Waals surface area contributed by atoms with Crippen LogP contribution in [-0.4, -0.2) is 18.6 Å². The first-order valence-electron chi connectivity index (χ1n) is 8.93. The largest absolute Gasteiger partial charge is 0.480 e. The van der Waals surface area contributed by atoms with E-state index in [0.717, 1.165) is 54.2 Å². The highest BCUT2D eigenvalue weighted by atomic mass is 32.2. The highest BCUT2D eigenvalue weighted by Crippen LogP contribution is 2.34. The maximum Gasteiger partial charge on any atom is 0.237 e. The van der Waals surface area contributed by atoms with E-state index < -0.39 is 11.6 Å². The summed E-state index contributed by atoms with van der Waals surface area (Å²) in [7, 11) is 1.53. The van der Waals surface area contributed by atoms with Crippen molar-refractivity contribution >= 4 is 23.3 Å². The van der Waals surface area contributed by atoms with E-state index >= 15 is 0 Å². The van der Waals surface area contributed by atoms with Gasteiger partial charge in [-0.1, -0.05) is 12.1 Å². The van der Waals surface area contributed by atoms with Gasteiger partial charge in [0.25, 0.3) is 0 Å². The van der Waals surface area contributed by atoms with Gasteiger partial charge in [-0.2, -0.15) is 0 Å². The Morgan fingerprint density at radius 2 is 2.00 bits per heavy atom. The Labute approximate surface area is 166 Å². The molecule has 0 radical (unpaired) electrons. The number of halogens is 2. The fraction of sp³-hybridized carbons (Fsp3) is 0.190. The maximum atomic E-state index is 13.9. The van der Waals surface area contributed by atoms with Crippen LogP contribution in [0.25, 0.3) is 11.1 Å². The lowest BCUT2D eigenvalue weighted by molar-refractivity contribution is 0.400. The number of hydrogen-bond donors (Lipinski definition) is 2. The van der Waals surface area contributed by atoms with Gasteiger partial charge in [-0.25, -0.2) is 13.8 Å². The first-order chi connectivity index (χ1) is 13.6. The van der Waals surface area contributed by atoms with Crippen LogP contribution < -0.4 is 14.8 Å². The molecule has 1 aliphatic heterocycles. The Hall–Kier alpha value is -2.80. The van der Waals surface area contributed by atoms with Gasteiger partial charge in [0.1, 0.15) is 17.3 Å². The molecule has 4 nitrogen and oxygen atoms in total. The van der Waals surface area contributed by atoms with Crippen molar-refractivity contribution in [3.8, 4) is 17.0 Å². The number of methoxy groups -OCH3 is 1. The van der Waals surface area contributed by atoms with Crippen LogP contribution >= 0.6 is 11.9 Å². The minimum Gasteiger partial charge on any atom is -0.480 e. The highest BCUT2D eigenvalue weighted by molar-refractivity contribution is 8.00. The predicted octanol–water partition coefficient (Wildman–Crippen LogP) is 5.51. The van der Waals surface area contributed by atoms with Gasteiger partial charge in [0.15, 0.2) is 0 Å². The second-order valence-corrected chi connectivity index (χ2v) is 7.31. The fourth-order valence-electron chi connectivity index (χ4n) is 3.15. The Kier molecular flexibility index (Phi) is 5.34. The highest BCUT2D eigenvalue weighted by Gasteiger charge is 2.13. The summed E-state index contributed by atoms with van der Waals surface area (Å²) >= 11 is 1.04. The van der Waals surface area contributed by atoms with E-state index in [2.05, 4.69) is 33.2 Å². The minimum atomic E-state index is -0.624. The average molecular weight is 399 g/mol. The van der Waals surface area contributed by atoms with Gasteiger partial charge >= 0.3 is 0 Å². The molecule has 1 aliphatic rings. The first kappa shape index (κ1) is 18.6. The molecule has 0 fully saturated rings. The summed E-state index contributed by atoms with van der Waals surface area (Å²) in [6.07, 6.45) is 3.97. The third-order valence-corrected chi connectivity index (χ3v) is 5.46. The molecule has 3 aromatic rings. The lowest BCUT2D eigenvalue weighted by Crippen LogP contribution is -2.11. The number of fused-ring (bicyclic) bond motifs is 1. The van der Waals surface area contributed by atoms with E-state index in [1.54, 1.807) is 6.20 Å². The van der Waals surface area contributed by atoms with E-state index in [-0.39, 0.29) is 4.90 Å². The second kappa shape index (κ2) is 8.06. The molecule has 1 aromatic heterocycles. The van der Waals surface area contributed by atoms with E-state index in [1.807, 2.05) is 6.07 Å². The normalized spacial score (nSPS) is 12.8. The lowest BCUT2D eigenvalue weighted by Gasteiger charge is -2.19. The van der Waals surface area contributed by atoms with Gasteiger partial charge in [-0.15, -0.1) is 0 Å². The lowest BCUT2D eigenvalue weighted by atomic mass is 9.98. The molecule has 0 amide bonds. The Morgan fingerprint density at radius 3 is 2.82 bits per heavy atom. The monoisotopic (exact) mass is 399 g/mol. The Balaban J connectivity index is 1.60. The molecular formula is C21H19F2N3OS. The zero-order valence-electron chi connectivity index (χ0n) is 15.3. The van der Waals surface area contributed by atoms with Crippen LogP contribution in [0.15, 0.2) is 53.6 Å². The van der Waals surface area contributed by atoms with E-state index in [0.29, 0.717) is 11.6 Å². The number of aromatic nitrogens is 1. The summed E-state index contributed by atoms with van der Waals surface area (Å²) in [6.45, 7) is 0.976. The zero-order chi connectivity index (χ0) is 19.5. The Morgan fingerprint density at radius 1 is 1.11 bits per heavy atom. The maximum absolute atomic E-state index is 13.9. The number of anilines is 2. The molecule has 2 N–H and O–H groups in total. The number of pyridine rings is 1. The second-order valence-electron chi connectivity index (χ2n) is 6.46. The van der Waals surface area contributed by atoms with E-state index in [4.69, 9.17) is 4.74 Å². The molecular weight excluding hydrogens is 380 g/mol. The molecule has 0 aliphatic carbocycles. The summed E-state index contributed by atoms with van der Waals surface area (Å²) in [6, 6.07) is 11.7. The van der Waals surface area contributed by atoms with Crippen LogP contribution in [0.1, 0.15) is 12.0 Å². The van der Waals surface area contributed by atoms with Crippen LogP contribution in [0.2, 0.25) is 0 Å². The van der Waals surface area contributed by atoms with Crippen LogP contribution in [0.5, 0.6) is 5.88 Å². The summed E-state index contributed by atoms with van der Waals surface area (Å²) < 4.78 is 35.3. The number of nitrogens with zero attached hydrogens (tertiary/aromatic N) is 1. The van der Waals surface area contributed by atoms with Crippen molar-refractivity contribution in [3.63, 3.8) is 0 Å². The van der Waals surface area contributed by atoms with E-state index in [9.17, 15) is 8.78 Å². The molecule has 144 valence electrons. The van der Waals surface area contributed by atoms with Gasteiger partial charge in [-0.05, 0) is 60.2 Å². The number of hydrogen-bond acceptors (Lipinski definition) is 5. The smallest absolute Gasteiger partial charge is 0.237 e. The Bertz CT molecular complexity index is 1010. The predicted molar refractivity (Wildman–Crippen MR) is 109 cm³/mol. The van der Waals surface area contributed by atoms with Gasteiger partial charge in [0.2, 0.25) is 5.88 Å². The summed E-state index contributed by atoms with van der Waals surface area (Å²) in [4.78, 5) is 4.65. The standard InChI is InChI=1S/C21H19F2N3OS/c1-27-21-19(26-28-20-7-6-16(22)11-17(20)23)10-15(12-25-21)14-5-4-13-3-2-8-24-18(13)9-14/h4-7,9-12,24,26H,2-3,8H2,1H3. The minimum absolute atomic E-state index is 0.284.